The molecule has 4 rings (SSSR count). The van der Waals surface area contributed by atoms with E-state index in [9.17, 15) is 9.59 Å². The molecule has 29 heavy (non-hydrogen) atoms. The third-order valence-corrected chi connectivity index (χ3v) is 4.69. The van der Waals surface area contributed by atoms with Crippen LogP contribution in [0, 0.1) is 0 Å². The maximum Gasteiger partial charge on any atom is 0.251 e. The van der Waals surface area contributed by atoms with Crippen LogP contribution in [-0.4, -0.2) is 35.6 Å². The van der Waals surface area contributed by atoms with Gasteiger partial charge >= 0.3 is 0 Å². The fourth-order valence-electron chi connectivity index (χ4n) is 3.20. The number of anilines is 1. The molecule has 1 aliphatic heterocycles. The quantitative estimate of drug-likeness (QED) is 0.693. The van der Waals surface area contributed by atoms with Crippen molar-refractivity contribution in [3.63, 3.8) is 0 Å². The van der Waals surface area contributed by atoms with E-state index in [1.807, 2.05) is 24.3 Å². The Morgan fingerprint density at radius 1 is 1.24 bits per heavy atom. The molecule has 0 spiro atoms. The fourth-order valence-corrected chi connectivity index (χ4v) is 3.20. The van der Waals surface area contributed by atoms with Gasteiger partial charge in [-0.05, 0) is 36.8 Å². The Labute approximate surface area is 167 Å². The Balaban J connectivity index is 1.41. The highest BCUT2D eigenvalue weighted by atomic mass is 16.5. The van der Waals surface area contributed by atoms with Crippen molar-refractivity contribution in [2.24, 2.45) is 0 Å². The molecule has 0 radical (unpaired) electrons. The van der Waals surface area contributed by atoms with Crippen LogP contribution in [0.1, 0.15) is 29.1 Å². The number of amides is 2. The van der Waals surface area contributed by atoms with Gasteiger partial charge in [-0.3, -0.25) is 9.59 Å². The Morgan fingerprint density at radius 2 is 2.10 bits per heavy atom. The monoisotopic (exact) mass is 392 g/mol. The number of methoxy groups -OCH3 is 1. The van der Waals surface area contributed by atoms with E-state index in [2.05, 4.69) is 15.5 Å². The van der Waals surface area contributed by atoms with Crippen molar-refractivity contribution in [2.45, 2.75) is 19.4 Å². The minimum atomic E-state index is -0.278. The summed E-state index contributed by atoms with van der Waals surface area (Å²) in [5.74, 6) is 1.21. The fraction of sp³-hybridized carbons (Fsp3) is 0.238. The van der Waals surface area contributed by atoms with E-state index in [1.54, 1.807) is 36.3 Å². The second-order valence-corrected chi connectivity index (χ2v) is 6.63. The zero-order valence-corrected chi connectivity index (χ0v) is 15.9. The summed E-state index contributed by atoms with van der Waals surface area (Å²) >= 11 is 0. The van der Waals surface area contributed by atoms with Crippen molar-refractivity contribution >= 4 is 17.5 Å². The van der Waals surface area contributed by atoms with Gasteiger partial charge in [0.1, 0.15) is 5.75 Å². The summed E-state index contributed by atoms with van der Waals surface area (Å²) in [6.45, 7) is 0.779. The van der Waals surface area contributed by atoms with Crippen LogP contribution < -0.4 is 15.0 Å². The molecule has 8 heteroatoms. The molecule has 1 fully saturated rings. The standard InChI is InChI=1S/C21H20N4O4/c1-28-17-8-3-5-14(12-17)20-23-18(29-24-20)13-22-21(27)15-6-2-7-16(11-15)25-10-4-9-19(25)26/h2-3,5-8,11-12H,4,9-10,13H2,1H3,(H,22,27). The Kier molecular flexibility index (Phi) is 5.24. The molecule has 1 aliphatic rings. The van der Waals surface area contributed by atoms with Gasteiger partial charge in [-0.25, -0.2) is 0 Å². The lowest BCUT2D eigenvalue weighted by atomic mass is 10.1. The molecule has 0 atom stereocenters. The van der Waals surface area contributed by atoms with Gasteiger partial charge in [-0.1, -0.05) is 23.4 Å². The maximum absolute atomic E-state index is 12.5. The number of aromatic nitrogens is 2. The minimum Gasteiger partial charge on any atom is -0.497 e. The first-order valence-electron chi connectivity index (χ1n) is 9.29. The smallest absolute Gasteiger partial charge is 0.251 e. The molecule has 148 valence electrons. The van der Waals surface area contributed by atoms with Crippen LogP contribution in [0.3, 0.4) is 0 Å². The minimum absolute atomic E-state index is 0.0819. The van der Waals surface area contributed by atoms with Crippen LogP contribution in [0.4, 0.5) is 5.69 Å². The van der Waals surface area contributed by atoms with Crippen LogP contribution in [0.5, 0.6) is 5.75 Å². The van der Waals surface area contributed by atoms with Crippen LogP contribution in [0.15, 0.2) is 53.1 Å². The van der Waals surface area contributed by atoms with Gasteiger partial charge in [0.2, 0.25) is 17.6 Å². The van der Waals surface area contributed by atoms with Gasteiger partial charge in [-0.2, -0.15) is 4.98 Å². The van der Waals surface area contributed by atoms with Gasteiger partial charge < -0.3 is 19.5 Å². The Morgan fingerprint density at radius 3 is 2.90 bits per heavy atom. The molecular formula is C21H20N4O4. The highest BCUT2D eigenvalue weighted by Gasteiger charge is 2.22. The Bertz CT molecular complexity index is 1050. The molecule has 3 aromatic rings. The van der Waals surface area contributed by atoms with Gasteiger partial charge in [-0.15, -0.1) is 0 Å². The average molecular weight is 392 g/mol. The second-order valence-electron chi connectivity index (χ2n) is 6.63. The van der Waals surface area contributed by atoms with E-state index >= 15 is 0 Å². The number of nitrogens with one attached hydrogen (secondary N) is 1. The third kappa shape index (κ3) is 4.11. The lowest BCUT2D eigenvalue weighted by Gasteiger charge is -2.16. The zero-order valence-electron chi connectivity index (χ0n) is 15.9. The normalized spacial score (nSPS) is 13.6. The number of benzene rings is 2. The number of ether oxygens (including phenoxy) is 1. The summed E-state index contributed by atoms with van der Waals surface area (Å²) in [6, 6.07) is 14.3. The average Bonchev–Trinajstić information content (AvgIpc) is 3.41. The van der Waals surface area contributed by atoms with Crippen molar-refractivity contribution in [1.29, 1.82) is 0 Å². The molecule has 0 unspecified atom stereocenters. The molecule has 2 aromatic carbocycles. The van der Waals surface area contributed by atoms with Crippen LogP contribution in [-0.2, 0) is 11.3 Å². The van der Waals surface area contributed by atoms with Crippen molar-refractivity contribution in [3.8, 4) is 17.1 Å². The van der Waals surface area contributed by atoms with E-state index in [-0.39, 0.29) is 18.4 Å². The summed E-state index contributed by atoms with van der Waals surface area (Å²) in [6.07, 6.45) is 1.38. The van der Waals surface area contributed by atoms with Crippen molar-refractivity contribution in [3.05, 3.63) is 60.0 Å². The van der Waals surface area contributed by atoms with Crippen LogP contribution in [0.2, 0.25) is 0 Å². The van der Waals surface area contributed by atoms with Crippen molar-refractivity contribution in [1.82, 2.24) is 15.5 Å². The van der Waals surface area contributed by atoms with Gasteiger partial charge in [0.15, 0.2) is 0 Å². The molecular weight excluding hydrogens is 372 g/mol. The number of carbonyl (C=O) groups is 2. The molecule has 8 nitrogen and oxygen atoms in total. The van der Waals surface area contributed by atoms with Crippen molar-refractivity contribution in [2.75, 3.05) is 18.6 Å². The number of hydrogen-bond donors (Lipinski definition) is 1. The van der Waals surface area contributed by atoms with Gasteiger partial charge in [0, 0.05) is 29.8 Å². The lowest BCUT2D eigenvalue weighted by Crippen LogP contribution is -2.25. The molecule has 2 heterocycles. The molecule has 0 aliphatic carbocycles. The topological polar surface area (TPSA) is 97.6 Å². The van der Waals surface area contributed by atoms with E-state index < -0.39 is 0 Å². The van der Waals surface area contributed by atoms with Gasteiger partial charge in [0.25, 0.3) is 5.91 Å². The number of carbonyl (C=O) groups excluding carboxylic acids is 2. The molecule has 1 N–H and O–H groups in total. The summed E-state index contributed by atoms with van der Waals surface area (Å²) in [7, 11) is 1.59. The van der Waals surface area contributed by atoms with E-state index in [4.69, 9.17) is 9.26 Å². The maximum atomic E-state index is 12.5. The number of nitrogens with zero attached hydrogens (tertiary/aromatic N) is 3. The van der Waals surface area contributed by atoms with Crippen molar-refractivity contribution < 1.29 is 18.8 Å². The molecule has 0 saturated carbocycles. The lowest BCUT2D eigenvalue weighted by molar-refractivity contribution is -0.117. The first-order chi connectivity index (χ1) is 14.1. The largest absolute Gasteiger partial charge is 0.497 e. The predicted octanol–water partition coefficient (Wildman–Crippen LogP) is 2.80. The van der Waals surface area contributed by atoms with E-state index in [1.165, 1.54) is 0 Å². The van der Waals surface area contributed by atoms with Crippen LogP contribution in [0.25, 0.3) is 11.4 Å². The number of hydrogen-bond acceptors (Lipinski definition) is 6. The summed E-state index contributed by atoms with van der Waals surface area (Å²) in [5.41, 5.74) is 1.96. The first-order valence-corrected chi connectivity index (χ1v) is 9.29. The summed E-state index contributed by atoms with van der Waals surface area (Å²) < 4.78 is 10.4. The molecule has 0 bridgehead atoms. The SMILES string of the molecule is COc1cccc(-c2noc(CNC(=O)c3cccc(N4CCCC4=O)c3)n2)c1. The highest BCUT2D eigenvalue weighted by Crippen LogP contribution is 2.23. The van der Waals surface area contributed by atoms with Gasteiger partial charge in [0.05, 0.1) is 13.7 Å². The summed E-state index contributed by atoms with van der Waals surface area (Å²) in [5, 5.41) is 6.72. The van der Waals surface area contributed by atoms with E-state index in [0.29, 0.717) is 36.0 Å². The second kappa shape index (κ2) is 8.14. The number of rotatable bonds is 6. The third-order valence-electron chi connectivity index (χ3n) is 4.69. The van der Waals surface area contributed by atoms with E-state index in [0.717, 1.165) is 17.7 Å². The Hall–Kier alpha value is -3.68. The molecule has 2 amide bonds. The molecule has 1 saturated heterocycles. The highest BCUT2D eigenvalue weighted by molar-refractivity contribution is 5.99. The first kappa shape index (κ1) is 18.7. The summed E-state index contributed by atoms with van der Waals surface area (Å²) in [4.78, 5) is 30.4. The molecule has 1 aromatic heterocycles. The zero-order chi connectivity index (χ0) is 20.2. The van der Waals surface area contributed by atoms with Crippen LogP contribution >= 0.6 is 0 Å². The predicted molar refractivity (Wildman–Crippen MR) is 105 cm³/mol.